The highest BCUT2D eigenvalue weighted by atomic mass is 79.9. The minimum atomic E-state index is -0.791. The zero-order chi connectivity index (χ0) is 22.0. The van der Waals surface area contributed by atoms with E-state index in [9.17, 15) is 4.79 Å². The zero-order valence-corrected chi connectivity index (χ0v) is 19.7. The van der Waals surface area contributed by atoms with Crippen LogP contribution >= 0.6 is 27.7 Å². The van der Waals surface area contributed by atoms with Crippen molar-refractivity contribution in [2.24, 2.45) is 0 Å². The van der Waals surface area contributed by atoms with Crippen LogP contribution in [0.25, 0.3) is 11.3 Å². The molecule has 1 atom stereocenters. The standard InChI is InChI=1S/C22H21BrN4O3S/c1-4-18(28)27-16-9-7-6-8-14(16)19-20(24-22(31-3)26-25-19)30-21(27)15-12-13(23)10-11-17(15)29-5-2/h6-12,21H,4-5H2,1-3H3/t21-/m0/s1. The molecule has 1 aliphatic rings. The number of rotatable bonds is 5. The van der Waals surface area contributed by atoms with Gasteiger partial charge in [0.2, 0.25) is 23.2 Å². The Morgan fingerprint density at radius 3 is 2.77 bits per heavy atom. The topological polar surface area (TPSA) is 77.4 Å². The van der Waals surface area contributed by atoms with Gasteiger partial charge in [-0.1, -0.05) is 52.8 Å². The van der Waals surface area contributed by atoms with E-state index in [4.69, 9.17) is 9.47 Å². The summed E-state index contributed by atoms with van der Waals surface area (Å²) >= 11 is 4.91. The van der Waals surface area contributed by atoms with Gasteiger partial charge in [0.15, 0.2) is 5.69 Å². The fourth-order valence-electron chi connectivity index (χ4n) is 3.44. The van der Waals surface area contributed by atoms with Crippen LogP contribution in [-0.2, 0) is 4.79 Å². The quantitative estimate of drug-likeness (QED) is 0.442. The molecule has 2 heterocycles. The summed E-state index contributed by atoms with van der Waals surface area (Å²) in [6, 6.07) is 13.2. The third kappa shape index (κ3) is 4.12. The van der Waals surface area contributed by atoms with E-state index in [-0.39, 0.29) is 5.91 Å². The normalized spacial score (nSPS) is 14.8. The maximum Gasteiger partial charge on any atom is 0.247 e. The molecule has 0 radical (unpaired) electrons. The van der Waals surface area contributed by atoms with E-state index in [2.05, 4.69) is 31.1 Å². The summed E-state index contributed by atoms with van der Waals surface area (Å²) in [7, 11) is 0. The molecule has 160 valence electrons. The fourth-order valence-corrected chi connectivity index (χ4v) is 4.12. The van der Waals surface area contributed by atoms with Gasteiger partial charge >= 0.3 is 0 Å². The third-order valence-electron chi connectivity index (χ3n) is 4.80. The monoisotopic (exact) mass is 500 g/mol. The SMILES string of the molecule is CCOc1ccc(Br)cc1[C@@H]1Oc2nc(SC)nnc2-c2ccccc2N1C(=O)CC. The van der Waals surface area contributed by atoms with E-state index >= 15 is 0 Å². The van der Waals surface area contributed by atoms with E-state index in [0.29, 0.717) is 46.8 Å². The predicted molar refractivity (Wildman–Crippen MR) is 124 cm³/mol. The van der Waals surface area contributed by atoms with Gasteiger partial charge in [0.1, 0.15) is 5.75 Å². The molecule has 7 nitrogen and oxygen atoms in total. The summed E-state index contributed by atoms with van der Waals surface area (Å²) in [4.78, 5) is 19.4. The van der Waals surface area contributed by atoms with E-state index in [1.54, 1.807) is 4.90 Å². The van der Waals surface area contributed by atoms with Crippen LogP contribution in [0.4, 0.5) is 5.69 Å². The van der Waals surface area contributed by atoms with Crippen molar-refractivity contribution < 1.29 is 14.3 Å². The number of nitrogens with zero attached hydrogens (tertiary/aromatic N) is 4. The summed E-state index contributed by atoms with van der Waals surface area (Å²) in [6.45, 7) is 4.23. The van der Waals surface area contributed by atoms with Crippen LogP contribution in [0.15, 0.2) is 52.1 Å². The van der Waals surface area contributed by atoms with Crippen LogP contribution in [-0.4, -0.2) is 34.0 Å². The number of halogens is 1. The molecule has 0 unspecified atom stereocenters. The Morgan fingerprint density at radius 1 is 1.23 bits per heavy atom. The van der Waals surface area contributed by atoms with Crippen LogP contribution in [0.3, 0.4) is 0 Å². The molecular formula is C22H21BrN4O3S. The van der Waals surface area contributed by atoms with Crippen LogP contribution in [0.5, 0.6) is 11.6 Å². The van der Waals surface area contributed by atoms with Crippen LogP contribution in [0, 0.1) is 0 Å². The Hall–Kier alpha value is -2.65. The second-order valence-electron chi connectivity index (χ2n) is 6.67. The number of amides is 1. The van der Waals surface area contributed by atoms with E-state index in [0.717, 1.165) is 10.0 Å². The van der Waals surface area contributed by atoms with Gasteiger partial charge in [-0.3, -0.25) is 9.69 Å². The molecule has 0 spiro atoms. The van der Waals surface area contributed by atoms with Crippen LogP contribution in [0.1, 0.15) is 32.1 Å². The Kier molecular flexibility index (Phi) is 6.43. The van der Waals surface area contributed by atoms with Gasteiger partial charge in [0, 0.05) is 16.5 Å². The fraction of sp³-hybridized carbons (Fsp3) is 0.273. The van der Waals surface area contributed by atoms with Gasteiger partial charge in [-0.15, -0.1) is 10.2 Å². The molecule has 1 aromatic heterocycles. The summed E-state index contributed by atoms with van der Waals surface area (Å²) < 4.78 is 13.1. The summed E-state index contributed by atoms with van der Waals surface area (Å²) in [5, 5.41) is 9.06. The van der Waals surface area contributed by atoms with Crippen molar-refractivity contribution in [2.75, 3.05) is 17.8 Å². The molecule has 9 heteroatoms. The van der Waals surface area contributed by atoms with E-state index in [1.807, 2.05) is 62.6 Å². The molecular weight excluding hydrogens is 480 g/mol. The Bertz CT molecular complexity index is 1130. The first kappa shape index (κ1) is 21.6. The number of para-hydroxylation sites is 1. The second kappa shape index (κ2) is 9.23. The summed E-state index contributed by atoms with van der Waals surface area (Å²) in [5.74, 6) is 0.869. The number of anilines is 1. The number of carbonyl (C=O) groups is 1. The lowest BCUT2D eigenvalue weighted by Crippen LogP contribution is -2.37. The van der Waals surface area contributed by atoms with Crippen LogP contribution < -0.4 is 14.4 Å². The van der Waals surface area contributed by atoms with Crippen molar-refractivity contribution in [2.45, 2.75) is 31.7 Å². The Morgan fingerprint density at radius 2 is 2.03 bits per heavy atom. The molecule has 0 N–H and O–H groups in total. The van der Waals surface area contributed by atoms with Crippen molar-refractivity contribution in [1.29, 1.82) is 0 Å². The molecule has 1 amide bonds. The molecule has 0 saturated carbocycles. The number of carbonyl (C=O) groups excluding carboxylic acids is 1. The lowest BCUT2D eigenvalue weighted by molar-refractivity contribution is -0.120. The van der Waals surface area contributed by atoms with Crippen molar-refractivity contribution in [3.63, 3.8) is 0 Å². The van der Waals surface area contributed by atoms with Gasteiger partial charge in [-0.25, -0.2) is 0 Å². The van der Waals surface area contributed by atoms with Gasteiger partial charge < -0.3 is 9.47 Å². The number of fused-ring (bicyclic) bond motifs is 3. The lowest BCUT2D eigenvalue weighted by atomic mass is 10.1. The van der Waals surface area contributed by atoms with Crippen molar-refractivity contribution >= 4 is 39.3 Å². The predicted octanol–water partition coefficient (Wildman–Crippen LogP) is 5.26. The number of thioether (sulfide) groups is 1. The van der Waals surface area contributed by atoms with E-state index < -0.39 is 6.23 Å². The Balaban J connectivity index is 2.00. The lowest BCUT2D eigenvalue weighted by Gasteiger charge is -2.31. The molecule has 0 bridgehead atoms. The molecule has 4 rings (SSSR count). The van der Waals surface area contributed by atoms with Crippen molar-refractivity contribution in [1.82, 2.24) is 15.2 Å². The smallest absolute Gasteiger partial charge is 0.247 e. The number of benzene rings is 2. The highest BCUT2D eigenvalue weighted by molar-refractivity contribution is 9.10. The maximum absolute atomic E-state index is 13.2. The molecule has 1 aliphatic heterocycles. The molecule has 31 heavy (non-hydrogen) atoms. The summed E-state index contributed by atoms with van der Waals surface area (Å²) in [5.41, 5.74) is 2.64. The second-order valence-corrected chi connectivity index (χ2v) is 8.36. The van der Waals surface area contributed by atoms with Crippen LogP contribution in [0.2, 0.25) is 0 Å². The number of aromatic nitrogens is 3. The van der Waals surface area contributed by atoms with E-state index in [1.165, 1.54) is 11.8 Å². The number of ether oxygens (including phenoxy) is 2. The van der Waals surface area contributed by atoms with Crippen molar-refractivity contribution in [3.05, 3.63) is 52.5 Å². The van der Waals surface area contributed by atoms with Gasteiger partial charge in [-0.2, -0.15) is 4.98 Å². The van der Waals surface area contributed by atoms with Gasteiger partial charge in [-0.05, 0) is 37.4 Å². The first-order valence-corrected chi connectivity index (χ1v) is 11.9. The highest BCUT2D eigenvalue weighted by Crippen LogP contribution is 2.45. The largest absolute Gasteiger partial charge is 0.493 e. The molecule has 3 aromatic rings. The Labute approximate surface area is 193 Å². The first-order valence-electron chi connectivity index (χ1n) is 9.86. The molecule has 0 fully saturated rings. The molecule has 0 saturated heterocycles. The summed E-state index contributed by atoms with van der Waals surface area (Å²) in [6.07, 6.45) is 1.39. The maximum atomic E-state index is 13.2. The zero-order valence-electron chi connectivity index (χ0n) is 17.3. The van der Waals surface area contributed by atoms with Gasteiger partial charge in [0.25, 0.3) is 0 Å². The van der Waals surface area contributed by atoms with Gasteiger partial charge in [0.05, 0.1) is 17.9 Å². The average Bonchev–Trinajstić information content (AvgIpc) is 2.94. The average molecular weight is 501 g/mol. The molecule has 0 aliphatic carbocycles. The molecule has 2 aromatic carbocycles. The number of hydrogen-bond acceptors (Lipinski definition) is 7. The van der Waals surface area contributed by atoms with Crippen molar-refractivity contribution in [3.8, 4) is 22.9 Å². The minimum absolute atomic E-state index is 0.0919. The third-order valence-corrected chi connectivity index (χ3v) is 5.83. The first-order chi connectivity index (χ1) is 15.1. The minimum Gasteiger partial charge on any atom is -0.493 e. The number of hydrogen-bond donors (Lipinski definition) is 0. The highest BCUT2D eigenvalue weighted by Gasteiger charge is 2.36.